The molecule has 2 fully saturated rings. The van der Waals surface area contributed by atoms with Gasteiger partial charge in [0.1, 0.15) is 29.4 Å². The van der Waals surface area contributed by atoms with Crippen molar-refractivity contribution in [3.05, 3.63) is 60.2 Å². The molecule has 6 N–H and O–H groups in total. The summed E-state index contributed by atoms with van der Waals surface area (Å²) in [6.07, 6.45) is 6.22. The average Bonchev–Trinajstić information content (AvgIpc) is 3.76. The van der Waals surface area contributed by atoms with Crippen LogP contribution in [0, 0.1) is 17.3 Å². The zero-order valence-electron chi connectivity index (χ0n) is 41.2. The van der Waals surface area contributed by atoms with Crippen LogP contribution in [0.4, 0.5) is 4.79 Å². The van der Waals surface area contributed by atoms with Crippen LogP contribution in [0.15, 0.2) is 48.9 Å². The number of benzene rings is 1. The molecule has 2 heterocycles. The highest BCUT2D eigenvalue weighted by Crippen LogP contribution is 2.30. The van der Waals surface area contributed by atoms with Crippen LogP contribution in [-0.4, -0.2) is 154 Å². The van der Waals surface area contributed by atoms with Crippen LogP contribution in [-0.2, 0) is 33.5 Å². The van der Waals surface area contributed by atoms with Crippen molar-refractivity contribution in [3.63, 3.8) is 0 Å². The van der Waals surface area contributed by atoms with Gasteiger partial charge in [0.25, 0.3) is 11.8 Å². The topological polar surface area (TPSA) is 262 Å². The van der Waals surface area contributed by atoms with E-state index in [4.69, 9.17) is 4.74 Å². The SMILES string of the molecule is CCC[C@H](NC(=O)[C@@H]1CN(C(=O)OC(C)(C)C)C[C@@H]1N(C)C(=O)[C@@H](NC(=O)[C@@H](NC(=O)c1cnccn1)C1CCCCC1)C(C)(C)C)C(O)C(=O)NCC(=O)N[C@H](C(=O)N(C)C)c1ccccc1. The molecule has 1 aromatic heterocycles. The van der Waals surface area contributed by atoms with Gasteiger partial charge in [-0.1, -0.05) is 83.7 Å². The van der Waals surface area contributed by atoms with Crippen LogP contribution in [0.2, 0.25) is 0 Å². The summed E-state index contributed by atoms with van der Waals surface area (Å²) in [6.45, 7) is 11.3. The first-order chi connectivity index (χ1) is 31.9. The van der Waals surface area contributed by atoms with E-state index in [1.165, 1.54) is 40.3 Å². The van der Waals surface area contributed by atoms with E-state index in [1.54, 1.807) is 92.9 Å². The van der Waals surface area contributed by atoms with Crippen molar-refractivity contribution in [2.24, 2.45) is 17.3 Å². The fraction of sp³-hybridized carbons (Fsp3) is 0.625. The molecule has 68 heavy (non-hydrogen) atoms. The van der Waals surface area contributed by atoms with Crippen LogP contribution < -0.4 is 26.6 Å². The molecule has 2 aliphatic rings. The highest BCUT2D eigenvalue weighted by atomic mass is 16.6. The Labute approximate surface area is 399 Å². The van der Waals surface area contributed by atoms with Crippen LogP contribution >= 0.6 is 0 Å². The summed E-state index contributed by atoms with van der Waals surface area (Å²) in [4.78, 5) is 122. The lowest BCUT2D eigenvalue weighted by Crippen LogP contribution is -2.61. The molecule has 1 aromatic carbocycles. The third-order valence-electron chi connectivity index (χ3n) is 12.1. The van der Waals surface area contributed by atoms with Gasteiger partial charge >= 0.3 is 6.09 Å². The molecule has 2 aromatic rings. The van der Waals surface area contributed by atoms with Crippen molar-refractivity contribution in [2.75, 3.05) is 40.8 Å². The van der Waals surface area contributed by atoms with E-state index in [1.807, 2.05) is 0 Å². The lowest BCUT2D eigenvalue weighted by Gasteiger charge is -2.38. The fourth-order valence-corrected chi connectivity index (χ4v) is 8.42. The van der Waals surface area contributed by atoms with Crippen molar-refractivity contribution in [1.82, 2.24) is 51.3 Å². The Hall–Kier alpha value is -6.18. The maximum Gasteiger partial charge on any atom is 0.410 e. The van der Waals surface area contributed by atoms with E-state index < -0.39 is 107 Å². The Bertz CT molecular complexity index is 2070. The first-order valence-corrected chi connectivity index (χ1v) is 23.4. The standard InChI is InChI=1S/C48H72N10O10/c1-11-18-32(38(60)43(64)51-26-35(59)53-37(44(65)56(8)9)30-21-16-13-17-22-30)52-40(61)31-27-58(46(67)68-48(5,6)7)28-34(31)57(10)45(66)39(47(2,3)4)55-42(63)36(29-19-14-12-15-20-29)54-41(62)33-25-49-23-24-50-33/h13,16-17,21-25,29,31-32,34,36-39,60H,11-12,14-15,18-20,26-28H2,1-10H3,(H,51,64)(H,52,61)(H,53,59)(H,54,62)(H,55,63)/t31-,32+,34+,36+,37+,38?,39-/m1/s1. The zero-order chi connectivity index (χ0) is 50.5. The second kappa shape index (κ2) is 24.2. The molecule has 8 amide bonds. The third kappa shape index (κ3) is 15.2. The number of aromatic nitrogens is 2. The highest BCUT2D eigenvalue weighted by Gasteiger charge is 2.48. The van der Waals surface area contributed by atoms with Crippen LogP contribution in [0.1, 0.15) is 116 Å². The van der Waals surface area contributed by atoms with Crippen LogP contribution in [0.25, 0.3) is 0 Å². The summed E-state index contributed by atoms with van der Waals surface area (Å²) in [5.74, 6) is -5.73. The molecule has 20 nitrogen and oxygen atoms in total. The minimum Gasteiger partial charge on any atom is -0.444 e. The molecule has 20 heteroatoms. The molecule has 0 spiro atoms. The number of carbonyl (C=O) groups is 8. The van der Waals surface area contributed by atoms with Crippen molar-refractivity contribution < 1.29 is 48.2 Å². The summed E-state index contributed by atoms with van der Waals surface area (Å²) in [5.41, 5.74) is -1.21. The summed E-state index contributed by atoms with van der Waals surface area (Å²) >= 11 is 0. The number of hydrogen-bond acceptors (Lipinski definition) is 12. The number of amides is 8. The van der Waals surface area contributed by atoms with Gasteiger partial charge in [-0.05, 0) is 56.9 Å². The Morgan fingerprint density at radius 3 is 2.07 bits per heavy atom. The van der Waals surface area contributed by atoms with Crippen molar-refractivity contribution in [3.8, 4) is 0 Å². The van der Waals surface area contributed by atoms with Gasteiger partial charge in [-0.2, -0.15) is 0 Å². The summed E-state index contributed by atoms with van der Waals surface area (Å²) in [7, 11) is 4.58. The third-order valence-corrected chi connectivity index (χ3v) is 12.1. The summed E-state index contributed by atoms with van der Waals surface area (Å²) in [6, 6.07) is 3.26. The van der Waals surface area contributed by atoms with Gasteiger partial charge in [-0.25, -0.2) is 9.78 Å². The minimum atomic E-state index is -1.83. The van der Waals surface area contributed by atoms with E-state index in [-0.39, 0.29) is 31.1 Å². The van der Waals surface area contributed by atoms with Crippen LogP contribution in [0.5, 0.6) is 0 Å². The predicted octanol–water partition coefficient (Wildman–Crippen LogP) is 2.09. The average molecular weight is 949 g/mol. The van der Waals surface area contributed by atoms with Gasteiger partial charge in [-0.3, -0.25) is 38.5 Å². The highest BCUT2D eigenvalue weighted by molar-refractivity contribution is 5.97. The van der Waals surface area contributed by atoms with Gasteiger partial charge in [0, 0.05) is 46.6 Å². The number of likely N-dealkylation sites (tertiary alicyclic amines) is 1. The van der Waals surface area contributed by atoms with Gasteiger partial charge in [0.2, 0.25) is 29.5 Å². The number of aliphatic hydroxyl groups excluding tert-OH is 1. The molecule has 1 aliphatic heterocycles. The number of aliphatic hydroxyl groups is 1. The number of carbonyl (C=O) groups excluding carboxylic acids is 8. The monoisotopic (exact) mass is 949 g/mol. The van der Waals surface area contributed by atoms with Crippen molar-refractivity contribution in [2.45, 2.75) is 135 Å². The number of likely N-dealkylation sites (N-methyl/N-ethyl adjacent to an activating group) is 2. The predicted molar refractivity (Wildman–Crippen MR) is 251 cm³/mol. The molecule has 1 unspecified atom stereocenters. The lowest BCUT2D eigenvalue weighted by molar-refractivity contribution is -0.142. The molecule has 0 bridgehead atoms. The van der Waals surface area contributed by atoms with Gasteiger partial charge in [0.15, 0.2) is 6.10 Å². The molecule has 374 valence electrons. The Balaban J connectivity index is 1.54. The second-order valence-electron chi connectivity index (χ2n) is 20.0. The minimum absolute atomic E-state index is 0.0354. The quantitative estimate of drug-likeness (QED) is 0.126. The molecule has 7 atom stereocenters. The number of nitrogens with one attached hydrogen (secondary N) is 5. The normalized spacial score (nSPS) is 18.7. The first kappa shape index (κ1) is 54.4. The largest absolute Gasteiger partial charge is 0.444 e. The maximum absolute atomic E-state index is 14.8. The van der Waals surface area contributed by atoms with Crippen molar-refractivity contribution in [1.29, 1.82) is 0 Å². The summed E-state index contributed by atoms with van der Waals surface area (Å²) in [5, 5.41) is 24.9. The van der Waals surface area contributed by atoms with Crippen LogP contribution in [0.3, 0.4) is 0 Å². The number of rotatable bonds is 18. The van der Waals surface area contributed by atoms with E-state index in [0.29, 0.717) is 24.8 Å². The van der Waals surface area contributed by atoms with E-state index in [0.717, 1.165) is 19.3 Å². The molecule has 1 saturated heterocycles. The molecular weight excluding hydrogens is 877 g/mol. The van der Waals surface area contributed by atoms with Gasteiger partial charge in [0.05, 0.1) is 30.7 Å². The number of ether oxygens (including phenoxy) is 1. The molecule has 4 rings (SSSR count). The molecule has 0 radical (unpaired) electrons. The molecular formula is C48H72N10O10. The Kier molecular flexibility index (Phi) is 19.4. The fourth-order valence-electron chi connectivity index (χ4n) is 8.42. The van der Waals surface area contributed by atoms with E-state index in [9.17, 15) is 43.5 Å². The maximum atomic E-state index is 14.8. The summed E-state index contributed by atoms with van der Waals surface area (Å²) < 4.78 is 5.65. The molecule has 1 saturated carbocycles. The van der Waals surface area contributed by atoms with E-state index in [2.05, 4.69) is 36.6 Å². The smallest absolute Gasteiger partial charge is 0.410 e. The first-order valence-electron chi connectivity index (χ1n) is 23.4. The lowest BCUT2D eigenvalue weighted by atomic mass is 9.82. The zero-order valence-corrected chi connectivity index (χ0v) is 41.2. The Morgan fingerprint density at radius 2 is 1.50 bits per heavy atom. The van der Waals surface area contributed by atoms with Crippen molar-refractivity contribution >= 4 is 47.4 Å². The Morgan fingerprint density at radius 1 is 0.838 bits per heavy atom. The molecule has 1 aliphatic carbocycles. The van der Waals surface area contributed by atoms with Gasteiger partial charge < -0.3 is 51.1 Å². The number of hydrogen-bond donors (Lipinski definition) is 6. The second-order valence-corrected chi connectivity index (χ2v) is 20.0. The van der Waals surface area contributed by atoms with Gasteiger partial charge in [-0.15, -0.1) is 0 Å². The van der Waals surface area contributed by atoms with E-state index >= 15 is 0 Å². The number of nitrogens with zero attached hydrogens (tertiary/aromatic N) is 5.